The molecule has 0 unspecified atom stereocenters. The molecule has 9 heteroatoms. The molecule has 3 heterocycles. The Morgan fingerprint density at radius 2 is 1.11 bits per heavy atom. The Morgan fingerprint density at radius 1 is 0.722 bits per heavy atom. The average molecular weight is 494 g/mol. The highest BCUT2D eigenvalue weighted by Gasteiger charge is 2.21. The number of rotatable bonds is 10. The largest absolute Gasteiger partial charge is 0.453 e. The molecule has 0 radical (unpaired) electrons. The van der Waals surface area contributed by atoms with E-state index in [4.69, 9.17) is 9.47 Å². The maximum absolute atomic E-state index is 12.6. The second kappa shape index (κ2) is 11.2. The van der Waals surface area contributed by atoms with Crippen LogP contribution in [0.2, 0.25) is 0 Å². The summed E-state index contributed by atoms with van der Waals surface area (Å²) in [6.07, 6.45) is 0. The van der Waals surface area contributed by atoms with Gasteiger partial charge in [0.2, 0.25) is 11.6 Å². The first-order valence-electron chi connectivity index (χ1n) is 11.8. The van der Waals surface area contributed by atoms with E-state index in [1.807, 2.05) is 50.7 Å². The van der Waals surface area contributed by atoms with Crippen LogP contribution in [0, 0.1) is 27.7 Å². The molecule has 0 spiro atoms. The van der Waals surface area contributed by atoms with Crippen molar-refractivity contribution in [3.8, 4) is 0 Å². The Kier molecular flexibility index (Phi) is 8.24. The highest BCUT2D eigenvalue weighted by atomic mass is 16.5. The molecule has 3 aromatic heterocycles. The number of ketones is 2. The Labute approximate surface area is 210 Å². The molecule has 9 nitrogen and oxygen atoms in total. The van der Waals surface area contributed by atoms with Gasteiger partial charge in [-0.25, -0.2) is 14.6 Å². The minimum atomic E-state index is -0.842. The van der Waals surface area contributed by atoms with Crippen LogP contribution in [0.5, 0.6) is 0 Å². The molecule has 3 aromatic rings. The second-order valence-corrected chi connectivity index (χ2v) is 8.46. The number of hydrogen-bond acceptors (Lipinski definition) is 7. The summed E-state index contributed by atoms with van der Waals surface area (Å²) in [5.41, 5.74) is 4.22. The van der Waals surface area contributed by atoms with E-state index in [-0.39, 0.29) is 23.0 Å². The first kappa shape index (κ1) is 26.6. The van der Waals surface area contributed by atoms with E-state index in [9.17, 15) is 19.2 Å². The van der Waals surface area contributed by atoms with Gasteiger partial charge in [0.05, 0.1) is 0 Å². The van der Waals surface area contributed by atoms with Crippen molar-refractivity contribution < 1.29 is 28.7 Å². The van der Waals surface area contributed by atoms with Crippen molar-refractivity contribution in [1.82, 2.24) is 14.1 Å². The van der Waals surface area contributed by atoms with Crippen LogP contribution in [0.4, 0.5) is 0 Å². The van der Waals surface area contributed by atoms with Gasteiger partial charge in [-0.05, 0) is 65.8 Å². The van der Waals surface area contributed by atoms with Gasteiger partial charge >= 0.3 is 11.9 Å². The molecule has 0 saturated carbocycles. The van der Waals surface area contributed by atoms with Crippen LogP contribution in [-0.4, -0.2) is 50.8 Å². The van der Waals surface area contributed by atoms with Gasteiger partial charge in [0.25, 0.3) is 0 Å². The fourth-order valence-electron chi connectivity index (χ4n) is 4.37. The van der Waals surface area contributed by atoms with Gasteiger partial charge in [-0.15, -0.1) is 0 Å². The minimum Gasteiger partial charge on any atom is -0.453 e. The summed E-state index contributed by atoms with van der Waals surface area (Å²) in [7, 11) is 0. The van der Waals surface area contributed by atoms with Crippen molar-refractivity contribution in [2.75, 3.05) is 13.2 Å². The smallest absolute Gasteiger partial charge is 0.357 e. The highest BCUT2D eigenvalue weighted by Crippen LogP contribution is 2.17. The molecule has 0 N–H and O–H groups in total. The summed E-state index contributed by atoms with van der Waals surface area (Å²) in [5.74, 6) is -2.34. The van der Waals surface area contributed by atoms with E-state index in [1.54, 1.807) is 12.1 Å². The number of esters is 2. The van der Waals surface area contributed by atoms with E-state index >= 15 is 0 Å². The zero-order valence-electron chi connectivity index (χ0n) is 21.5. The quantitative estimate of drug-likeness (QED) is 0.310. The number of carbonyl (C=O) groups is 4. The summed E-state index contributed by atoms with van der Waals surface area (Å²) in [4.78, 5) is 54.1. The molecule has 0 aromatic carbocycles. The Bertz CT molecular complexity index is 1230. The third-order valence-corrected chi connectivity index (χ3v) is 6.22. The van der Waals surface area contributed by atoms with E-state index in [1.165, 1.54) is 18.2 Å². The van der Waals surface area contributed by atoms with Gasteiger partial charge in [-0.1, -0.05) is 6.07 Å². The topological polar surface area (TPSA) is 109 Å². The molecule has 0 bridgehead atoms. The van der Waals surface area contributed by atoms with E-state index in [0.29, 0.717) is 11.1 Å². The van der Waals surface area contributed by atoms with Crippen molar-refractivity contribution >= 4 is 23.5 Å². The summed E-state index contributed by atoms with van der Waals surface area (Å²) in [5, 5.41) is 0. The van der Waals surface area contributed by atoms with Gasteiger partial charge in [-0.2, -0.15) is 0 Å². The molecule has 3 rings (SSSR count). The molecule has 190 valence electrons. The number of ether oxygens (including phenoxy) is 2. The lowest BCUT2D eigenvalue weighted by atomic mass is 10.1. The van der Waals surface area contributed by atoms with Gasteiger partial charge in [-0.3, -0.25) is 9.59 Å². The van der Waals surface area contributed by atoms with Crippen molar-refractivity contribution in [1.29, 1.82) is 0 Å². The zero-order valence-corrected chi connectivity index (χ0v) is 21.5. The van der Waals surface area contributed by atoms with Crippen LogP contribution in [-0.2, 0) is 22.6 Å². The SMILES string of the molecule is CCn1c(C)cc(C(=O)COC(=O)c2cccc(C(=O)OCC(=O)c3cc(C)n(CC)c3C)n2)c1C. The third-order valence-electron chi connectivity index (χ3n) is 6.22. The lowest BCUT2D eigenvalue weighted by molar-refractivity contribution is 0.0456. The molecule has 0 fully saturated rings. The van der Waals surface area contributed by atoms with Gasteiger partial charge in [0.1, 0.15) is 11.4 Å². The predicted octanol–water partition coefficient (Wildman–Crippen LogP) is 4.04. The fraction of sp³-hybridized carbons (Fsp3) is 0.370. The average Bonchev–Trinajstić information content (AvgIpc) is 3.33. The first-order valence-corrected chi connectivity index (χ1v) is 11.8. The number of aryl methyl sites for hydroxylation is 2. The van der Waals surface area contributed by atoms with Gasteiger partial charge < -0.3 is 18.6 Å². The number of aromatic nitrogens is 3. The normalized spacial score (nSPS) is 10.8. The van der Waals surface area contributed by atoms with Crippen molar-refractivity contribution in [3.05, 3.63) is 75.6 Å². The van der Waals surface area contributed by atoms with E-state index < -0.39 is 25.2 Å². The molecule has 0 saturated heterocycles. The minimum absolute atomic E-state index is 0.144. The molecule has 36 heavy (non-hydrogen) atoms. The molecule has 0 aliphatic rings. The third kappa shape index (κ3) is 5.45. The number of pyridine rings is 1. The molecule has 0 aliphatic heterocycles. The fourth-order valence-corrected chi connectivity index (χ4v) is 4.37. The van der Waals surface area contributed by atoms with Crippen molar-refractivity contribution in [2.45, 2.75) is 54.6 Å². The van der Waals surface area contributed by atoms with Gasteiger partial charge in [0, 0.05) is 47.0 Å². The zero-order chi connectivity index (χ0) is 26.6. The van der Waals surface area contributed by atoms with E-state index in [0.717, 1.165) is 35.9 Å². The maximum atomic E-state index is 12.6. The number of nitrogens with zero attached hydrogens (tertiary/aromatic N) is 3. The van der Waals surface area contributed by atoms with Crippen LogP contribution < -0.4 is 0 Å². The molecule has 0 aliphatic carbocycles. The lowest BCUT2D eigenvalue weighted by Crippen LogP contribution is -2.18. The Balaban J connectivity index is 1.61. The number of carbonyl (C=O) groups excluding carboxylic acids is 4. The predicted molar refractivity (Wildman–Crippen MR) is 133 cm³/mol. The molecular formula is C27H31N3O6. The van der Waals surface area contributed by atoms with Crippen LogP contribution in [0.15, 0.2) is 30.3 Å². The Hall–Kier alpha value is -4.01. The highest BCUT2D eigenvalue weighted by molar-refractivity contribution is 6.01. The van der Waals surface area contributed by atoms with Crippen molar-refractivity contribution in [3.63, 3.8) is 0 Å². The maximum Gasteiger partial charge on any atom is 0.357 e. The summed E-state index contributed by atoms with van der Waals surface area (Å²) < 4.78 is 14.3. The summed E-state index contributed by atoms with van der Waals surface area (Å²) >= 11 is 0. The number of hydrogen-bond donors (Lipinski definition) is 0. The summed E-state index contributed by atoms with van der Waals surface area (Å²) in [6.45, 7) is 12.0. The van der Waals surface area contributed by atoms with Gasteiger partial charge in [0.15, 0.2) is 13.2 Å². The first-order chi connectivity index (χ1) is 17.1. The van der Waals surface area contributed by atoms with Crippen molar-refractivity contribution in [2.24, 2.45) is 0 Å². The molecular weight excluding hydrogens is 462 g/mol. The summed E-state index contributed by atoms with van der Waals surface area (Å²) in [6, 6.07) is 7.73. The lowest BCUT2D eigenvalue weighted by Gasteiger charge is -2.08. The van der Waals surface area contributed by atoms with Crippen LogP contribution in [0.1, 0.15) is 78.3 Å². The van der Waals surface area contributed by atoms with Crippen LogP contribution in [0.3, 0.4) is 0 Å². The standard InChI is InChI=1S/C27H31N3O6/c1-7-29-16(3)12-20(18(29)5)24(31)14-35-26(33)22-10-9-11-23(28-22)27(34)36-15-25(32)21-13-17(4)30(8-2)19(21)6/h9-13H,7-8,14-15H2,1-6H3. The molecule has 0 atom stereocenters. The van der Waals surface area contributed by atoms with Crippen LogP contribution >= 0.6 is 0 Å². The van der Waals surface area contributed by atoms with E-state index in [2.05, 4.69) is 4.98 Å². The van der Waals surface area contributed by atoms with Crippen LogP contribution in [0.25, 0.3) is 0 Å². The monoisotopic (exact) mass is 493 g/mol. The Morgan fingerprint density at radius 3 is 1.44 bits per heavy atom. The number of Topliss-reactive ketones (excluding diaryl/α,β-unsaturated/α-hetero) is 2. The second-order valence-electron chi connectivity index (χ2n) is 8.46. The molecule has 0 amide bonds.